The lowest BCUT2D eigenvalue weighted by atomic mass is 9.89. The number of amides is 1. The third kappa shape index (κ3) is 8.50. The Bertz CT molecular complexity index is 453. The fourth-order valence-corrected chi connectivity index (χ4v) is 4.04. The summed E-state index contributed by atoms with van der Waals surface area (Å²) in [5.41, 5.74) is 0. The van der Waals surface area contributed by atoms with Gasteiger partial charge in [-0.1, -0.05) is 25.7 Å². The molecule has 2 rings (SSSR count). The smallest absolute Gasteiger partial charge is 0.243 e. The molecule has 156 valence electrons. The van der Waals surface area contributed by atoms with Crippen LogP contribution in [0.15, 0.2) is 4.99 Å². The summed E-state index contributed by atoms with van der Waals surface area (Å²) in [5, 5.41) is 6.96. The number of aliphatic imine (C=N–C) groups is 1. The fraction of sp³-hybridized carbons (Fsp3) is 0.905. The predicted octanol–water partition coefficient (Wildman–Crippen LogP) is 2.45. The molecule has 0 aromatic rings. The molecule has 0 radical (unpaired) electrons. The minimum atomic E-state index is 0.0375. The molecule has 0 spiro atoms. The van der Waals surface area contributed by atoms with Crippen LogP contribution >= 0.6 is 0 Å². The molecule has 6 nitrogen and oxygen atoms in total. The second-order valence-corrected chi connectivity index (χ2v) is 8.50. The first-order chi connectivity index (χ1) is 13.1. The maximum Gasteiger partial charge on any atom is 0.243 e. The molecule has 0 aromatic heterocycles. The number of guanidine groups is 1. The molecular weight excluding hydrogens is 338 g/mol. The number of likely N-dealkylation sites (tertiary alicyclic amines) is 1. The van der Waals surface area contributed by atoms with E-state index in [1.165, 1.54) is 64.5 Å². The van der Waals surface area contributed by atoms with Crippen molar-refractivity contribution < 1.29 is 4.79 Å². The number of carbonyl (C=O) groups is 1. The Morgan fingerprint density at radius 1 is 1.07 bits per heavy atom. The van der Waals surface area contributed by atoms with Gasteiger partial charge in [0.15, 0.2) is 5.96 Å². The number of nitrogens with zero attached hydrogens (tertiary/aromatic N) is 3. The molecule has 6 heteroatoms. The SMILES string of the molecule is CC(CCNC(=NCC(=O)N(C)C)NCC1CCCCC1)N1CCCCC1. The summed E-state index contributed by atoms with van der Waals surface area (Å²) < 4.78 is 0. The quantitative estimate of drug-likeness (QED) is 0.502. The van der Waals surface area contributed by atoms with Gasteiger partial charge in [-0.25, -0.2) is 4.99 Å². The van der Waals surface area contributed by atoms with E-state index in [-0.39, 0.29) is 12.5 Å². The van der Waals surface area contributed by atoms with Gasteiger partial charge in [0.05, 0.1) is 0 Å². The highest BCUT2D eigenvalue weighted by atomic mass is 16.2. The van der Waals surface area contributed by atoms with Gasteiger partial charge in [-0.2, -0.15) is 0 Å². The number of rotatable bonds is 8. The van der Waals surface area contributed by atoms with Crippen LogP contribution in [-0.2, 0) is 4.79 Å². The van der Waals surface area contributed by atoms with E-state index in [9.17, 15) is 4.79 Å². The topological polar surface area (TPSA) is 60.0 Å². The molecule has 1 amide bonds. The summed E-state index contributed by atoms with van der Waals surface area (Å²) in [6.07, 6.45) is 11.8. The Morgan fingerprint density at radius 3 is 2.41 bits per heavy atom. The zero-order chi connectivity index (χ0) is 19.5. The molecule has 1 saturated heterocycles. The Kier molecular flexibility index (Phi) is 9.95. The van der Waals surface area contributed by atoms with E-state index in [1.807, 2.05) is 0 Å². The van der Waals surface area contributed by atoms with E-state index < -0.39 is 0 Å². The van der Waals surface area contributed by atoms with E-state index in [0.29, 0.717) is 6.04 Å². The Balaban J connectivity index is 1.78. The summed E-state index contributed by atoms with van der Waals surface area (Å²) in [4.78, 5) is 20.6. The predicted molar refractivity (Wildman–Crippen MR) is 113 cm³/mol. The van der Waals surface area contributed by atoms with Crippen LogP contribution in [0, 0.1) is 5.92 Å². The summed E-state index contributed by atoms with van der Waals surface area (Å²) in [7, 11) is 3.56. The van der Waals surface area contributed by atoms with Crippen molar-refractivity contribution in [2.75, 3.05) is 46.8 Å². The molecule has 27 heavy (non-hydrogen) atoms. The molecule has 2 fully saturated rings. The van der Waals surface area contributed by atoms with Crippen LogP contribution in [0.5, 0.6) is 0 Å². The van der Waals surface area contributed by atoms with Gasteiger partial charge < -0.3 is 20.4 Å². The number of carbonyl (C=O) groups excluding carboxylic acids is 1. The molecular formula is C21H41N5O. The van der Waals surface area contributed by atoms with Crippen molar-refractivity contribution in [1.29, 1.82) is 0 Å². The third-order valence-corrected chi connectivity index (χ3v) is 6.02. The van der Waals surface area contributed by atoms with Gasteiger partial charge in [0.2, 0.25) is 5.91 Å². The Morgan fingerprint density at radius 2 is 1.74 bits per heavy atom. The second kappa shape index (κ2) is 12.2. The van der Waals surface area contributed by atoms with Crippen LogP contribution in [0.25, 0.3) is 0 Å². The maximum atomic E-state index is 11.9. The Hall–Kier alpha value is -1.30. The van der Waals surface area contributed by atoms with Crippen LogP contribution in [0.3, 0.4) is 0 Å². The van der Waals surface area contributed by atoms with E-state index in [2.05, 4.69) is 27.4 Å². The summed E-state index contributed by atoms with van der Waals surface area (Å²) in [6, 6.07) is 0.598. The van der Waals surface area contributed by atoms with Gasteiger partial charge in [-0.15, -0.1) is 0 Å². The van der Waals surface area contributed by atoms with Gasteiger partial charge in [-0.05, 0) is 58.0 Å². The molecule has 1 aliphatic heterocycles. The van der Waals surface area contributed by atoms with Gasteiger partial charge in [-0.3, -0.25) is 4.79 Å². The molecule has 2 aliphatic rings. The van der Waals surface area contributed by atoms with Crippen molar-refractivity contribution in [3.63, 3.8) is 0 Å². The molecule has 1 saturated carbocycles. The van der Waals surface area contributed by atoms with Gasteiger partial charge >= 0.3 is 0 Å². The van der Waals surface area contributed by atoms with E-state index >= 15 is 0 Å². The van der Waals surface area contributed by atoms with E-state index in [1.54, 1.807) is 19.0 Å². The summed E-state index contributed by atoms with van der Waals surface area (Å²) >= 11 is 0. The van der Waals surface area contributed by atoms with Crippen molar-refractivity contribution in [3.8, 4) is 0 Å². The first-order valence-corrected chi connectivity index (χ1v) is 11.0. The molecule has 1 atom stereocenters. The number of nitrogens with one attached hydrogen (secondary N) is 2. The largest absolute Gasteiger partial charge is 0.356 e. The first-order valence-electron chi connectivity index (χ1n) is 11.0. The van der Waals surface area contributed by atoms with E-state index in [0.717, 1.165) is 31.4 Å². The van der Waals surface area contributed by atoms with Gasteiger partial charge in [0.25, 0.3) is 0 Å². The highest BCUT2D eigenvalue weighted by Gasteiger charge is 2.17. The molecule has 0 bridgehead atoms. The average molecular weight is 380 g/mol. The van der Waals surface area contributed by atoms with Crippen molar-refractivity contribution in [2.45, 2.75) is 70.8 Å². The van der Waals surface area contributed by atoms with Crippen LogP contribution < -0.4 is 10.6 Å². The monoisotopic (exact) mass is 379 g/mol. The minimum Gasteiger partial charge on any atom is -0.356 e. The number of hydrogen-bond acceptors (Lipinski definition) is 3. The zero-order valence-electron chi connectivity index (χ0n) is 17.8. The minimum absolute atomic E-state index is 0.0375. The van der Waals surface area contributed by atoms with Crippen LogP contribution in [0.4, 0.5) is 0 Å². The van der Waals surface area contributed by atoms with Crippen LogP contribution in [-0.4, -0.2) is 74.5 Å². The number of likely N-dealkylation sites (N-methyl/N-ethyl adjacent to an activating group) is 1. The first kappa shape index (κ1) is 22.0. The lowest BCUT2D eigenvalue weighted by Gasteiger charge is -2.32. The standard InChI is InChI=1S/C21H41N5O/c1-18(26-14-8-5-9-15-26)12-13-22-21(24-17-20(27)25(2)3)23-16-19-10-6-4-7-11-19/h18-19H,4-17H2,1-3H3,(H2,22,23,24). The highest BCUT2D eigenvalue weighted by molar-refractivity contribution is 5.84. The molecule has 1 aliphatic carbocycles. The van der Waals surface area contributed by atoms with E-state index in [4.69, 9.17) is 0 Å². The summed E-state index contributed by atoms with van der Waals surface area (Å²) in [5.74, 6) is 1.57. The molecule has 1 unspecified atom stereocenters. The van der Waals surface area contributed by atoms with Crippen molar-refractivity contribution in [1.82, 2.24) is 20.4 Å². The number of hydrogen-bond donors (Lipinski definition) is 2. The fourth-order valence-electron chi connectivity index (χ4n) is 4.04. The van der Waals surface area contributed by atoms with Crippen molar-refractivity contribution in [2.24, 2.45) is 10.9 Å². The maximum absolute atomic E-state index is 11.9. The lowest BCUT2D eigenvalue weighted by Crippen LogP contribution is -2.44. The number of piperidine rings is 1. The normalized spacial score (nSPS) is 20.9. The lowest BCUT2D eigenvalue weighted by molar-refractivity contribution is -0.127. The van der Waals surface area contributed by atoms with Crippen molar-refractivity contribution >= 4 is 11.9 Å². The van der Waals surface area contributed by atoms with Gasteiger partial charge in [0, 0.05) is 33.2 Å². The highest BCUT2D eigenvalue weighted by Crippen LogP contribution is 2.22. The average Bonchev–Trinajstić information content (AvgIpc) is 2.70. The molecule has 1 heterocycles. The molecule has 2 N–H and O–H groups in total. The van der Waals surface area contributed by atoms with Crippen molar-refractivity contribution in [3.05, 3.63) is 0 Å². The summed E-state index contributed by atoms with van der Waals surface area (Å²) in [6.45, 7) is 6.86. The molecule has 0 aromatic carbocycles. The Labute approximate surface area is 166 Å². The third-order valence-electron chi connectivity index (χ3n) is 6.02. The van der Waals surface area contributed by atoms with Gasteiger partial charge in [0.1, 0.15) is 6.54 Å². The van der Waals surface area contributed by atoms with Crippen LogP contribution in [0.2, 0.25) is 0 Å². The second-order valence-electron chi connectivity index (χ2n) is 8.50. The van der Waals surface area contributed by atoms with Crippen LogP contribution in [0.1, 0.15) is 64.7 Å². The zero-order valence-corrected chi connectivity index (χ0v) is 17.8.